The van der Waals surface area contributed by atoms with Gasteiger partial charge in [0.1, 0.15) is 0 Å². The van der Waals surface area contributed by atoms with Gasteiger partial charge in [-0.3, -0.25) is 9.59 Å². The lowest BCUT2D eigenvalue weighted by Crippen LogP contribution is -2.47. The Kier molecular flexibility index (Phi) is 32.8. The molecule has 2 fully saturated rings. The molecule has 0 aromatic rings. The summed E-state index contributed by atoms with van der Waals surface area (Å²) < 4.78 is 22.6. The molecule has 0 amide bonds. The number of nitrogens with zero attached hydrogens (tertiary/aromatic N) is 2. The first-order chi connectivity index (χ1) is 28.4. The van der Waals surface area contributed by atoms with Crippen LogP contribution < -0.4 is 0 Å². The molecule has 0 spiro atoms. The molecule has 2 atom stereocenters. The first-order valence-corrected chi connectivity index (χ1v) is 24.6. The lowest BCUT2D eigenvalue weighted by Gasteiger charge is -2.30. The van der Waals surface area contributed by atoms with Crippen molar-refractivity contribution < 1.29 is 38.1 Å². The van der Waals surface area contributed by atoms with Crippen LogP contribution in [0.2, 0.25) is 0 Å². The quantitative estimate of drug-likeness (QED) is 0.0336. The Balaban J connectivity index is 1.85. The van der Waals surface area contributed by atoms with E-state index >= 15 is 0 Å². The number of carbonyl (C=O) groups excluding carboxylic acids is 4. The summed E-state index contributed by atoms with van der Waals surface area (Å²) >= 11 is 0. The Morgan fingerprint density at radius 3 is 0.931 bits per heavy atom. The van der Waals surface area contributed by atoms with E-state index in [1.807, 2.05) is 0 Å². The molecule has 10 nitrogen and oxygen atoms in total. The van der Waals surface area contributed by atoms with Crippen molar-refractivity contribution in [2.45, 2.75) is 232 Å². The van der Waals surface area contributed by atoms with Gasteiger partial charge in [0.15, 0.2) is 0 Å². The minimum atomic E-state index is -1.71. The van der Waals surface area contributed by atoms with Crippen molar-refractivity contribution in [2.75, 3.05) is 52.5 Å². The van der Waals surface area contributed by atoms with Gasteiger partial charge in [-0.25, -0.2) is 9.59 Å². The largest absolute Gasteiger partial charge is 0.463 e. The Morgan fingerprint density at radius 1 is 0.397 bits per heavy atom. The number of hydrogen-bond acceptors (Lipinski definition) is 10. The van der Waals surface area contributed by atoms with Crippen LogP contribution in [0.3, 0.4) is 0 Å². The highest BCUT2D eigenvalue weighted by atomic mass is 16.6. The van der Waals surface area contributed by atoms with Crippen LogP contribution in [-0.2, 0) is 38.1 Å². The van der Waals surface area contributed by atoms with E-state index in [1.54, 1.807) is 0 Å². The molecule has 58 heavy (non-hydrogen) atoms. The third-order valence-corrected chi connectivity index (χ3v) is 11.8. The zero-order valence-electron chi connectivity index (χ0n) is 37.6. The van der Waals surface area contributed by atoms with Gasteiger partial charge < -0.3 is 28.7 Å². The second-order valence-corrected chi connectivity index (χ2v) is 17.2. The summed E-state index contributed by atoms with van der Waals surface area (Å²) in [6, 6.07) is 0. The van der Waals surface area contributed by atoms with Gasteiger partial charge in [0.2, 0.25) is 12.2 Å². The van der Waals surface area contributed by atoms with Gasteiger partial charge in [-0.15, -0.1) is 0 Å². The van der Waals surface area contributed by atoms with Gasteiger partial charge in [0.25, 0.3) is 0 Å². The zero-order chi connectivity index (χ0) is 41.7. The molecule has 0 aromatic carbocycles. The van der Waals surface area contributed by atoms with Gasteiger partial charge in [0, 0.05) is 12.8 Å². The molecule has 0 radical (unpaired) electrons. The standard InChI is InChI=1S/C48H88N2O8/c1-3-5-7-9-11-13-15-17-19-21-23-25-27-41-55-47(53)45(57-43(51)33-29-35-49-37-31-38-49)46(58-44(52)34-30-36-50-39-32-40-50)48(54)56-42-28-26-24-22-20-18-16-14-12-10-8-6-4-2/h45-46H,3-42H2,1-2H3. The Labute approximate surface area is 354 Å². The number of unbranched alkanes of at least 4 members (excludes halogenated alkanes) is 24. The molecular formula is C48H88N2O8. The van der Waals surface area contributed by atoms with Crippen LogP contribution in [0.15, 0.2) is 0 Å². The first-order valence-electron chi connectivity index (χ1n) is 24.6. The molecule has 2 saturated heterocycles. The lowest BCUT2D eigenvalue weighted by atomic mass is 10.0. The van der Waals surface area contributed by atoms with Crippen LogP contribution >= 0.6 is 0 Å². The average molecular weight is 821 g/mol. The molecule has 0 aliphatic carbocycles. The molecule has 338 valence electrons. The predicted octanol–water partition coefficient (Wildman–Crippen LogP) is 11.1. The summed E-state index contributed by atoms with van der Waals surface area (Å²) in [5.41, 5.74) is 0. The number of likely N-dealkylation sites (tertiary alicyclic amines) is 2. The van der Waals surface area contributed by atoms with Gasteiger partial charge in [-0.1, -0.05) is 168 Å². The summed E-state index contributed by atoms with van der Waals surface area (Å²) in [6.45, 7) is 10.4. The van der Waals surface area contributed by atoms with Gasteiger partial charge in [0.05, 0.1) is 13.2 Å². The van der Waals surface area contributed by atoms with Crippen molar-refractivity contribution in [3.8, 4) is 0 Å². The number of rotatable bonds is 41. The highest BCUT2D eigenvalue weighted by Gasteiger charge is 2.42. The maximum Gasteiger partial charge on any atom is 0.352 e. The first kappa shape index (κ1) is 51.9. The molecule has 2 heterocycles. The molecule has 0 bridgehead atoms. The molecule has 2 aliphatic rings. The zero-order valence-corrected chi connectivity index (χ0v) is 37.6. The van der Waals surface area contributed by atoms with E-state index in [4.69, 9.17) is 18.9 Å². The molecule has 0 N–H and O–H groups in total. The number of hydrogen-bond donors (Lipinski definition) is 0. The van der Waals surface area contributed by atoms with Gasteiger partial charge in [-0.2, -0.15) is 0 Å². The van der Waals surface area contributed by atoms with Crippen LogP contribution in [0.5, 0.6) is 0 Å². The SMILES string of the molecule is CCCCCCCCCCCCCCCOC(=O)C(OC(=O)CCCN1CCC1)C(OC(=O)CCCN1CCC1)C(=O)OCCCCCCCCCCCCCCC. The minimum Gasteiger partial charge on any atom is -0.463 e. The monoisotopic (exact) mass is 821 g/mol. The van der Waals surface area contributed by atoms with E-state index in [0.29, 0.717) is 25.7 Å². The molecule has 0 aromatic heterocycles. The maximum absolute atomic E-state index is 13.6. The van der Waals surface area contributed by atoms with Crippen molar-refractivity contribution in [1.29, 1.82) is 0 Å². The van der Waals surface area contributed by atoms with Crippen molar-refractivity contribution in [3.05, 3.63) is 0 Å². The molecule has 0 saturated carbocycles. The third kappa shape index (κ3) is 27.5. The van der Waals surface area contributed by atoms with E-state index in [0.717, 1.165) is 90.6 Å². The van der Waals surface area contributed by atoms with E-state index in [9.17, 15) is 19.2 Å². The highest BCUT2D eigenvalue weighted by Crippen LogP contribution is 2.18. The minimum absolute atomic E-state index is 0.0869. The van der Waals surface area contributed by atoms with Gasteiger partial charge >= 0.3 is 23.9 Å². The normalized spacial score (nSPS) is 15.3. The van der Waals surface area contributed by atoms with Crippen LogP contribution in [0, 0.1) is 0 Å². The second-order valence-electron chi connectivity index (χ2n) is 17.2. The Hall–Kier alpha value is -2.20. The number of ether oxygens (including phenoxy) is 4. The summed E-state index contributed by atoms with van der Waals surface area (Å²) in [5, 5.41) is 0. The van der Waals surface area contributed by atoms with Crippen LogP contribution in [0.25, 0.3) is 0 Å². The van der Waals surface area contributed by atoms with Crippen molar-refractivity contribution in [3.63, 3.8) is 0 Å². The van der Waals surface area contributed by atoms with Gasteiger partial charge in [-0.05, 0) is 77.8 Å². The fraction of sp³-hybridized carbons (Fsp3) is 0.917. The number of esters is 4. The van der Waals surface area contributed by atoms with Crippen molar-refractivity contribution in [2.24, 2.45) is 0 Å². The molecule has 10 heteroatoms. The summed E-state index contributed by atoms with van der Waals surface area (Å²) in [4.78, 5) is 57.9. The Morgan fingerprint density at radius 2 is 0.672 bits per heavy atom. The topological polar surface area (TPSA) is 112 Å². The predicted molar refractivity (Wildman–Crippen MR) is 234 cm³/mol. The molecule has 2 unspecified atom stereocenters. The second kappa shape index (κ2) is 36.6. The average Bonchev–Trinajstić information content (AvgIpc) is 3.18. The van der Waals surface area contributed by atoms with E-state index < -0.39 is 36.1 Å². The highest BCUT2D eigenvalue weighted by molar-refractivity contribution is 5.89. The van der Waals surface area contributed by atoms with E-state index in [-0.39, 0.29) is 26.1 Å². The smallest absolute Gasteiger partial charge is 0.352 e. The Bertz CT molecular complexity index is 953. The summed E-state index contributed by atoms with van der Waals surface area (Å²) in [5.74, 6) is -2.98. The van der Waals surface area contributed by atoms with Crippen molar-refractivity contribution >= 4 is 23.9 Å². The van der Waals surface area contributed by atoms with Crippen molar-refractivity contribution in [1.82, 2.24) is 9.80 Å². The third-order valence-electron chi connectivity index (χ3n) is 11.8. The van der Waals surface area contributed by atoms with Crippen LogP contribution in [0.1, 0.15) is 219 Å². The summed E-state index contributed by atoms with van der Waals surface area (Å²) in [7, 11) is 0. The van der Waals surface area contributed by atoms with Crippen LogP contribution in [0.4, 0.5) is 0 Å². The lowest BCUT2D eigenvalue weighted by molar-refractivity contribution is -0.192. The van der Waals surface area contributed by atoms with E-state index in [1.165, 1.54) is 116 Å². The fourth-order valence-electron chi connectivity index (χ4n) is 7.72. The fourth-order valence-corrected chi connectivity index (χ4v) is 7.72. The maximum atomic E-state index is 13.6. The summed E-state index contributed by atoms with van der Waals surface area (Å²) in [6.07, 6.45) is 31.4. The van der Waals surface area contributed by atoms with E-state index in [2.05, 4.69) is 23.6 Å². The number of carbonyl (C=O) groups is 4. The van der Waals surface area contributed by atoms with Crippen LogP contribution in [-0.4, -0.2) is 98.4 Å². The molecule has 2 aliphatic heterocycles. The molecular weight excluding hydrogens is 733 g/mol. The molecule has 2 rings (SSSR count).